The summed E-state index contributed by atoms with van der Waals surface area (Å²) in [5.74, 6) is -0.511. The monoisotopic (exact) mass is 268 g/mol. The molecule has 2 heterocycles. The SMILES string of the molecule is CCc1cc(C(=O)O)cc(-n2nnc3ccccc32)n1. The predicted octanol–water partition coefficient (Wildman–Crippen LogP) is 2.08. The molecule has 1 aromatic carbocycles. The van der Waals surface area contributed by atoms with Gasteiger partial charge < -0.3 is 5.11 Å². The standard InChI is InChI=1S/C14H12N4O2/c1-2-10-7-9(14(19)20)8-13(15-10)18-12-6-4-3-5-11(12)16-17-18/h3-8H,2H2,1H3,(H,19,20). The molecule has 0 atom stereocenters. The van der Waals surface area contributed by atoms with Crippen molar-refractivity contribution in [2.45, 2.75) is 13.3 Å². The van der Waals surface area contributed by atoms with E-state index in [4.69, 9.17) is 5.11 Å². The highest BCUT2D eigenvalue weighted by atomic mass is 16.4. The minimum Gasteiger partial charge on any atom is -0.478 e. The Morgan fingerprint density at radius 1 is 1.30 bits per heavy atom. The molecular weight excluding hydrogens is 256 g/mol. The number of hydrogen-bond donors (Lipinski definition) is 1. The van der Waals surface area contributed by atoms with Gasteiger partial charge in [-0.15, -0.1) is 5.10 Å². The maximum Gasteiger partial charge on any atom is 0.335 e. The van der Waals surface area contributed by atoms with Crippen molar-refractivity contribution in [3.05, 3.63) is 47.7 Å². The molecule has 0 unspecified atom stereocenters. The Labute approximate surface area is 114 Å². The van der Waals surface area contributed by atoms with Crippen molar-refractivity contribution in [2.24, 2.45) is 0 Å². The number of aromatic carboxylic acids is 1. The first-order valence-corrected chi connectivity index (χ1v) is 6.24. The fraction of sp³-hybridized carbons (Fsp3) is 0.143. The van der Waals surface area contributed by atoms with Gasteiger partial charge in [0.05, 0.1) is 11.1 Å². The van der Waals surface area contributed by atoms with E-state index in [9.17, 15) is 4.79 Å². The smallest absolute Gasteiger partial charge is 0.335 e. The van der Waals surface area contributed by atoms with E-state index >= 15 is 0 Å². The van der Waals surface area contributed by atoms with Crippen LogP contribution in [0.15, 0.2) is 36.4 Å². The fourth-order valence-corrected chi connectivity index (χ4v) is 2.02. The molecular formula is C14H12N4O2. The zero-order chi connectivity index (χ0) is 14.1. The first-order chi connectivity index (χ1) is 9.69. The van der Waals surface area contributed by atoms with E-state index in [1.807, 2.05) is 31.2 Å². The van der Waals surface area contributed by atoms with Crippen LogP contribution in [-0.2, 0) is 6.42 Å². The molecule has 3 aromatic rings. The van der Waals surface area contributed by atoms with Gasteiger partial charge in [0.25, 0.3) is 0 Å². The summed E-state index contributed by atoms with van der Waals surface area (Å²) in [6.07, 6.45) is 0.654. The Morgan fingerprint density at radius 3 is 2.85 bits per heavy atom. The zero-order valence-electron chi connectivity index (χ0n) is 10.8. The first kappa shape index (κ1) is 12.3. The van der Waals surface area contributed by atoms with Crippen LogP contribution < -0.4 is 0 Å². The summed E-state index contributed by atoms with van der Waals surface area (Å²) < 4.78 is 1.56. The lowest BCUT2D eigenvalue weighted by Gasteiger charge is -2.05. The highest BCUT2D eigenvalue weighted by molar-refractivity contribution is 5.88. The molecule has 100 valence electrons. The third kappa shape index (κ3) is 2.01. The van der Waals surface area contributed by atoms with Crippen LogP contribution in [0, 0.1) is 0 Å². The van der Waals surface area contributed by atoms with Gasteiger partial charge in [0, 0.05) is 5.69 Å². The molecule has 0 saturated carbocycles. The first-order valence-electron chi connectivity index (χ1n) is 6.24. The van der Waals surface area contributed by atoms with Crippen LogP contribution in [0.5, 0.6) is 0 Å². The maximum atomic E-state index is 11.2. The molecule has 0 saturated heterocycles. The van der Waals surface area contributed by atoms with Gasteiger partial charge in [0.2, 0.25) is 0 Å². The van der Waals surface area contributed by atoms with Crippen molar-refractivity contribution >= 4 is 17.0 Å². The van der Waals surface area contributed by atoms with E-state index in [1.54, 1.807) is 10.7 Å². The van der Waals surface area contributed by atoms with Gasteiger partial charge >= 0.3 is 5.97 Å². The molecule has 0 aliphatic heterocycles. The van der Waals surface area contributed by atoms with Gasteiger partial charge in [0.1, 0.15) is 5.52 Å². The average Bonchev–Trinajstić information content (AvgIpc) is 2.90. The molecule has 0 aliphatic carbocycles. The lowest BCUT2D eigenvalue weighted by atomic mass is 10.2. The number of fused-ring (bicyclic) bond motifs is 1. The third-order valence-electron chi connectivity index (χ3n) is 3.04. The van der Waals surface area contributed by atoms with E-state index in [1.165, 1.54) is 6.07 Å². The molecule has 0 radical (unpaired) electrons. The van der Waals surface area contributed by atoms with Crippen LogP contribution in [-0.4, -0.2) is 31.1 Å². The lowest BCUT2D eigenvalue weighted by molar-refractivity contribution is 0.0696. The van der Waals surface area contributed by atoms with Crippen LogP contribution >= 0.6 is 0 Å². The predicted molar refractivity (Wildman–Crippen MR) is 73.0 cm³/mol. The minimum absolute atomic E-state index is 0.200. The highest BCUT2D eigenvalue weighted by Crippen LogP contribution is 2.16. The van der Waals surface area contributed by atoms with Crippen LogP contribution in [0.25, 0.3) is 16.9 Å². The Hall–Kier alpha value is -2.76. The number of rotatable bonds is 3. The van der Waals surface area contributed by atoms with E-state index < -0.39 is 5.97 Å². The fourth-order valence-electron chi connectivity index (χ4n) is 2.02. The second-order valence-corrected chi connectivity index (χ2v) is 4.35. The molecule has 0 fully saturated rings. The van der Waals surface area contributed by atoms with Crippen molar-refractivity contribution in [2.75, 3.05) is 0 Å². The number of hydrogen-bond acceptors (Lipinski definition) is 4. The number of carboxylic acids is 1. The van der Waals surface area contributed by atoms with E-state index in [2.05, 4.69) is 15.3 Å². The quantitative estimate of drug-likeness (QED) is 0.786. The van der Waals surface area contributed by atoms with Gasteiger partial charge in [-0.2, -0.15) is 4.68 Å². The molecule has 6 nitrogen and oxygen atoms in total. The van der Waals surface area contributed by atoms with Crippen molar-refractivity contribution in [3.63, 3.8) is 0 Å². The molecule has 2 aromatic heterocycles. The van der Waals surface area contributed by atoms with E-state index in [0.717, 1.165) is 11.0 Å². The van der Waals surface area contributed by atoms with Crippen LogP contribution in [0.3, 0.4) is 0 Å². The lowest BCUT2D eigenvalue weighted by Crippen LogP contribution is -2.06. The number of carbonyl (C=O) groups is 1. The van der Waals surface area contributed by atoms with Crippen LogP contribution in [0.1, 0.15) is 23.0 Å². The second kappa shape index (κ2) is 4.73. The summed E-state index contributed by atoms with van der Waals surface area (Å²) in [5.41, 5.74) is 2.45. The molecule has 0 bridgehead atoms. The van der Waals surface area contributed by atoms with Crippen molar-refractivity contribution in [3.8, 4) is 5.82 Å². The van der Waals surface area contributed by atoms with Gasteiger partial charge in [-0.25, -0.2) is 9.78 Å². The molecule has 1 N–H and O–H groups in total. The molecule has 0 spiro atoms. The number of aryl methyl sites for hydroxylation is 1. The number of pyridine rings is 1. The Morgan fingerprint density at radius 2 is 2.10 bits per heavy atom. The van der Waals surface area contributed by atoms with E-state index in [-0.39, 0.29) is 5.56 Å². The largest absolute Gasteiger partial charge is 0.478 e. The van der Waals surface area contributed by atoms with E-state index in [0.29, 0.717) is 17.9 Å². The minimum atomic E-state index is -0.979. The van der Waals surface area contributed by atoms with Gasteiger partial charge in [-0.3, -0.25) is 0 Å². The summed E-state index contributed by atoms with van der Waals surface area (Å²) in [6, 6.07) is 10.5. The number of para-hydroxylation sites is 1. The Balaban J connectivity index is 2.23. The number of carboxylic acid groups (broad SMARTS) is 1. The second-order valence-electron chi connectivity index (χ2n) is 4.35. The van der Waals surface area contributed by atoms with Crippen molar-refractivity contribution in [1.29, 1.82) is 0 Å². The highest BCUT2D eigenvalue weighted by Gasteiger charge is 2.12. The number of nitrogens with zero attached hydrogens (tertiary/aromatic N) is 4. The normalized spacial score (nSPS) is 10.8. The summed E-state index contributed by atoms with van der Waals surface area (Å²) in [7, 11) is 0. The zero-order valence-corrected chi connectivity index (χ0v) is 10.8. The number of benzene rings is 1. The number of aromatic nitrogens is 4. The van der Waals surface area contributed by atoms with Crippen LogP contribution in [0.4, 0.5) is 0 Å². The average molecular weight is 268 g/mol. The topological polar surface area (TPSA) is 80.9 Å². The van der Waals surface area contributed by atoms with Crippen molar-refractivity contribution in [1.82, 2.24) is 20.0 Å². The molecule has 0 aliphatic rings. The Kier molecular flexibility index (Phi) is 2.90. The van der Waals surface area contributed by atoms with Gasteiger partial charge in [-0.05, 0) is 30.7 Å². The third-order valence-corrected chi connectivity index (χ3v) is 3.04. The Bertz CT molecular complexity index is 795. The van der Waals surface area contributed by atoms with Gasteiger partial charge in [-0.1, -0.05) is 24.3 Å². The summed E-state index contributed by atoms with van der Waals surface area (Å²) >= 11 is 0. The van der Waals surface area contributed by atoms with Gasteiger partial charge in [0.15, 0.2) is 5.82 Å². The summed E-state index contributed by atoms with van der Waals surface area (Å²) in [4.78, 5) is 15.6. The molecule has 3 rings (SSSR count). The van der Waals surface area contributed by atoms with Crippen molar-refractivity contribution < 1.29 is 9.90 Å². The summed E-state index contributed by atoms with van der Waals surface area (Å²) in [5, 5.41) is 17.3. The maximum absolute atomic E-state index is 11.2. The molecule has 6 heteroatoms. The molecule has 0 amide bonds. The summed E-state index contributed by atoms with van der Waals surface area (Å²) in [6.45, 7) is 1.93. The van der Waals surface area contributed by atoms with Crippen LogP contribution in [0.2, 0.25) is 0 Å². The molecule has 20 heavy (non-hydrogen) atoms.